The Balaban J connectivity index is 2.37. The maximum atomic E-state index is 10.9. The predicted octanol–water partition coefficient (Wildman–Crippen LogP) is 3.79. The average molecular weight is 329 g/mol. The number of rotatable bonds is 4. The van der Waals surface area contributed by atoms with E-state index in [-0.39, 0.29) is 32.9 Å². The first-order valence-corrected chi connectivity index (χ1v) is 6.15. The third kappa shape index (κ3) is 3.21. The molecule has 0 bridgehead atoms. The van der Waals surface area contributed by atoms with Crippen molar-refractivity contribution in [3.05, 3.63) is 56.2 Å². The van der Waals surface area contributed by atoms with E-state index in [1.54, 1.807) is 0 Å². The lowest BCUT2D eigenvalue weighted by atomic mass is 10.2. The van der Waals surface area contributed by atoms with Gasteiger partial charge in [-0.2, -0.15) is 0 Å². The smallest absolute Gasteiger partial charge is 0.337 e. The molecule has 0 unspecified atom stereocenters. The van der Waals surface area contributed by atoms with Crippen molar-refractivity contribution in [2.24, 2.45) is 0 Å². The molecule has 1 aromatic heterocycles. The van der Waals surface area contributed by atoms with Gasteiger partial charge >= 0.3 is 5.97 Å². The van der Waals surface area contributed by atoms with Crippen LogP contribution >= 0.6 is 23.2 Å². The minimum absolute atomic E-state index is 0.0252. The summed E-state index contributed by atoms with van der Waals surface area (Å²) in [5.74, 6) is -1.33. The summed E-state index contributed by atoms with van der Waals surface area (Å²) < 4.78 is 5.30. The molecule has 0 saturated heterocycles. The lowest BCUT2D eigenvalue weighted by molar-refractivity contribution is -0.384. The monoisotopic (exact) mass is 328 g/mol. The molecule has 0 saturated carbocycles. The number of aromatic nitrogens is 1. The molecule has 21 heavy (non-hydrogen) atoms. The van der Waals surface area contributed by atoms with Gasteiger partial charge in [0.25, 0.3) is 5.69 Å². The molecule has 0 fully saturated rings. The number of nitro benzene ring substituents is 1. The van der Waals surface area contributed by atoms with Crippen LogP contribution in [0.1, 0.15) is 10.4 Å². The Morgan fingerprint density at radius 2 is 2.05 bits per heavy atom. The molecule has 0 radical (unpaired) electrons. The first-order valence-electron chi connectivity index (χ1n) is 5.39. The van der Waals surface area contributed by atoms with Crippen LogP contribution in [0, 0.1) is 10.1 Å². The number of hydrogen-bond donors (Lipinski definition) is 1. The van der Waals surface area contributed by atoms with E-state index in [0.29, 0.717) is 0 Å². The molecule has 2 rings (SSSR count). The number of carboxylic acid groups (broad SMARTS) is 1. The molecule has 9 heteroatoms. The molecule has 1 aromatic carbocycles. The third-order valence-corrected chi connectivity index (χ3v) is 3.08. The Labute approximate surface area is 127 Å². The molecule has 1 N–H and O–H groups in total. The van der Waals surface area contributed by atoms with Crippen LogP contribution in [0.5, 0.6) is 11.6 Å². The maximum Gasteiger partial charge on any atom is 0.337 e. The summed E-state index contributed by atoms with van der Waals surface area (Å²) in [6, 6.07) is 4.78. The van der Waals surface area contributed by atoms with E-state index >= 15 is 0 Å². The highest BCUT2D eigenvalue weighted by molar-refractivity contribution is 6.35. The lowest BCUT2D eigenvalue weighted by Gasteiger charge is -2.09. The number of non-ortho nitro benzene ring substituents is 1. The van der Waals surface area contributed by atoms with Gasteiger partial charge in [0.05, 0.1) is 15.5 Å². The highest BCUT2D eigenvalue weighted by Gasteiger charge is 2.17. The zero-order valence-electron chi connectivity index (χ0n) is 10.1. The standard InChI is InChI=1S/C12H6Cl2N2O5/c13-8-5-6(16(19)20)1-2-9(8)21-11-10(14)7(12(17)18)3-4-15-11/h1-5H,(H,17,18). The van der Waals surface area contributed by atoms with Crippen molar-refractivity contribution in [3.8, 4) is 11.6 Å². The van der Waals surface area contributed by atoms with Crippen molar-refractivity contribution >= 4 is 34.9 Å². The molecule has 0 spiro atoms. The Hall–Kier alpha value is -2.38. The van der Waals surface area contributed by atoms with Gasteiger partial charge in [0.1, 0.15) is 10.8 Å². The second kappa shape index (κ2) is 5.94. The largest absolute Gasteiger partial charge is 0.478 e. The van der Waals surface area contributed by atoms with Crippen molar-refractivity contribution in [1.29, 1.82) is 0 Å². The zero-order valence-corrected chi connectivity index (χ0v) is 11.6. The molecular weight excluding hydrogens is 323 g/mol. The van der Waals surface area contributed by atoms with Gasteiger partial charge in [-0.05, 0) is 12.1 Å². The van der Waals surface area contributed by atoms with Crippen molar-refractivity contribution in [2.45, 2.75) is 0 Å². The van der Waals surface area contributed by atoms with Gasteiger partial charge in [-0.25, -0.2) is 9.78 Å². The Kier molecular flexibility index (Phi) is 4.25. The van der Waals surface area contributed by atoms with E-state index in [0.717, 1.165) is 6.07 Å². The minimum Gasteiger partial charge on any atom is -0.478 e. The zero-order chi connectivity index (χ0) is 15.6. The van der Waals surface area contributed by atoms with E-state index in [4.69, 9.17) is 33.0 Å². The van der Waals surface area contributed by atoms with Gasteiger partial charge in [-0.3, -0.25) is 10.1 Å². The Morgan fingerprint density at radius 1 is 1.33 bits per heavy atom. The summed E-state index contributed by atoms with van der Waals surface area (Å²) in [6.07, 6.45) is 1.21. The third-order valence-electron chi connectivity index (χ3n) is 2.42. The molecule has 7 nitrogen and oxygen atoms in total. The summed E-state index contributed by atoms with van der Waals surface area (Å²) >= 11 is 11.7. The molecule has 2 aromatic rings. The number of halogens is 2. The van der Waals surface area contributed by atoms with Crippen LogP contribution in [0.25, 0.3) is 0 Å². The van der Waals surface area contributed by atoms with E-state index in [9.17, 15) is 14.9 Å². The van der Waals surface area contributed by atoms with Gasteiger partial charge in [0.2, 0.25) is 5.88 Å². The fourth-order valence-electron chi connectivity index (χ4n) is 1.45. The molecule has 0 aliphatic rings. The van der Waals surface area contributed by atoms with E-state index < -0.39 is 10.9 Å². The summed E-state index contributed by atoms with van der Waals surface area (Å²) in [5.41, 5.74) is -0.384. The number of pyridine rings is 1. The summed E-state index contributed by atoms with van der Waals surface area (Å²) in [5, 5.41) is 19.3. The fourth-order valence-corrected chi connectivity index (χ4v) is 1.90. The van der Waals surface area contributed by atoms with E-state index in [2.05, 4.69) is 4.98 Å². The van der Waals surface area contributed by atoms with Crippen LogP contribution in [-0.2, 0) is 0 Å². The van der Waals surface area contributed by atoms with Gasteiger partial charge in [0.15, 0.2) is 0 Å². The number of hydrogen-bond acceptors (Lipinski definition) is 5. The van der Waals surface area contributed by atoms with Crippen LogP contribution in [-0.4, -0.2) is 21.0 Å². The van der Waals surface area contributed by atoms with Gasteiger partial charge in [-0.1, -0.05) is 23.2 Å². The van der Waals surface area contributed by atoms with E-state index in [1.807, 2.05) is 0 Å². The van der Waals surface area contributed by atoms with Crippen molar-refractivity contribution in [3.63, 3.8) is 0 Å². The molecule has 108 valence electrons. The minimum atomic E-state index is -1.23. The van der Waals surface area contributed by atoms with E-state index in [1.165, 1.54) is 24.4 Å². The Morgan fingerprint density at radius 3 is 2.62 bits per heavy atom. The van der Waals surface area contributed by atoms with Gasteiger partial charge in [-0.15, -0.1) is 0 Å². The second-order valence-electron chi connectivity index (χ2n) is 3.76. The van der Waals surface area contributed by atoms with Gasteiger partial charge in [0, 0.05) is 18.3 Å². The highest BCUT2D eigenvalue weighted by Crippen LogP contribution is 2.35. The number of nitrogens with zero attached hydrogens (tertiary/aromatic N) is 2. The SMILES string of the molecule is O=C(O)c1ccnc(Oc2ccc([N+](=O)[O-])cc2Cl)c1Cl. The average Bonchev–Trinajstić information content (AvgIpc) is 2.42. The summed E-state index contributed by atoms with van der Waals surface area (Å²) in [6.45, 7) is 0. The van der Waals surface area contributed by atoms with Crippen LogP contribution in [0.3, 0.4) is 0 Å². The first kappa shape index (κ1) is 15.0. The number of ether oxygens (including phenoxy) is 1. The summed E-state index contributed by atoms with van der Waals surface area (Å²) in [4.78, 5) is 24.7. The second-order valence-corrected chi connectivity index (χ2v) is 4.54. The fraction of sp³-hybridized carbons (Fsp3) is 0. The van der Waals surface area contributed by atoms with Crippen LogP contribution in [0.2, 0.25) is 10.0 Å². The normalized spacial score (nSPS) is 10.2. The number of carbonyl (C=O) groups is 1. The van der Waals surface area contributed by atoms with Crippen molar-refractivity contribution in [1.82, 2.24) is 4.98 Å². The number of aromatic carboxylic acids is 1. The predicted molar refractivity (Wildman–Crippen MR) is 74.4 cm³/mol. The maximum absolute atomic E-state index is 10.9. The molecule has 0 atom stereocenters. The lowest BCUT2D eigenvalue weighted by Crippen LogP contribution is -2.00. The molecule has 0 aliphatic heterocycles. The van der Waals surface area contributed by atoms with Crippen LogP contribution in [0.4, 0.5) is 5.69 Å². The number of nitro groups is 1. The van der Waals surface area contributed by atoms with Crippen molar-refractivity contribution < 1.29 is 19.6 Å². The number of benzene rings is 1. The molecular formula is C12H6Cl2N2O5. The summed E-state index contributed by atoms with van der Waals surface area (Å²) in [7, 11) is 0. The first-order chi connectivity index (χ1) is 9.90. The highest BCUT2D eigenvalue weighted by atomic mass is 35.5. The Bertz CT molecular complexity index is 736. The van der Waals surface area contributed by atoms with Crippen molar-refractivity contribution in [2.75, 3.05) is 0 Å². The molecule has 0 aliphatic carbocycles. The van der Waals surface area contributed by atoms with Crippen LogP contribution in [0.15, 0.2) is 30.5 Å². The molecule has 0 amide bonds. The van der Waals surface area contributed by atoms with Gasteiger partial charge < -0.3 is 9.84 Å². The molecule has 1 heterocycles. The topological polar surface area (TPSA) is 103 Å². The quantitative estimate of drug-likeness (QED) is 0.676. The van der Waals surface area contributed by atoms with Crippen LogP contribution < -0.4 is 4.74 Å². The number of carboxylic acids is 1.